The molecule has 1 aromatic heterocycles. The Morgan fingerprint density at radius 1 is 1.48 bits per heavy atom. The van der Waals surface area contributed by atoms with Crippen molar-refractivity contribution in [1.29, 1.82) is 0 Å². The van der Waals surface area contributed by atoms with Gasteiger partial charge in [-0.3, -0.25) is 14.6 Å². The Kier molecular flexibility index (Phi) is 5.86. The Bertz CT molecular complexity index is 525. The third-order valence-electron chi connectivity index (χ3n) is 3.70. The van der Waals surface area contributed by atoms with E-state index in [1.807, 2.05) is 19.4 Å². The first-order chi connectivity index (χ1) is 10.9. The number of aromatic nitrogens is 2. The van der Waals surface area contributed by atoms with Crippen LogP contribution in [0, 0.1) is 0 Å². The smallest absolute Gasteiger partial charge is 0.356 e. The fraction of sp³-hybridized carbons (Fsp3) is 0.714. The third-order valence-corrected chi connectivity index (χ3v) is 3.70. The molecule has 0 amide bonds. The van der Waals surface area contributed by atoms with Crippen molar-refractivity contribution >= 4 is 5.96 Å². The molecule has 1 fully saturated rings. The molecule has 2 heterocycles. The highest BCUT2D eigenvalue weighted by molar-refractivity contribution is 5.80. The van der Waals surface area contributed by atoms with Gasteiger partial charge < -0.3 is 10.6 Å². The molecule has 0 spiro atoms. The van der Waals surface area contributed by atoms with E-state index in [0.717, 1.165) is 12.0 Å². The standard InChI is InChI=1S/C14H23F3N6/c1-18-13(19-5-3-11-7-20-22(2)8-11)21-12-4-6-23(9-12)10-14(15,16)17/h7-8,12H,3-6,9-10H2,1-2H3,(H2,18,19,21). The van der Waals surface area contributed by atoms with Crippen molar-refractivity contribution in [2.24, 2.45) is 12.0 Å². The van der Waals surface area contributed by atoms with Crippen LogP contribution >= 0.6 is 0 Å². The minimum absolute atomic E-state index is 0.0121. The van der Waals surface area contributed by atoms with Gasteiger partial charge >= 0.3 is 6.18 Å². The van der Waals surface area contributed by atoms with Gasteiger partial charge in [-0.15, -0.1) is 0 Å². The average Bonchev–Trinajstić information content (AvgIpc) is 3.05. The molecule has 1 aromatic rings. The van der Waals surface area contributed by atoms with Crippen LogP contribution in [0.15, 0.2) is 17.4 Å². The summed E-state index contributed by atoms with van der Waals surface area (Å²) in [5.74, 6) is 0.618. The number of nitrogens with zero attached hydrogens (tertiary/aromatic N) is 4. The van der Waals surface area contributed by atoms with Gasteiger partial charge in [0.25, 0.3) is 0 Å². The number of rotatable bonds is 5. The summed E-state index contributed by atoms with van der Waals surface area (Å²) in [5.41, 5.74) is 1.12. The van der Waals surface area contributed by atoms with E-state index in [1.54, 1.807) is 11.7 Å². The van der Waals surface area contributed by atoms with Gasteiger partial charge in [0, 0.05) is 46.0 Å². The summed E-state index contributed by atoms with van der Waals surface area (Å²) in [6.07, 6.45) is 1.10. The Morgan fingerprint density at radius 3 is 2.87 bits per heavy atom. The van der Waals surface area contributed by atoms with Crippen molar-refractivity contribution in [2.45, 2.75) is 25.1 Å². The first kappa shape index (κ1) is 17.6. The van der Waals surface area contributed by atoms with Gasteiger partial charge in [-0.05, 0) is 18.4 Å². The molecule has 6 nitrogen and oxygen atoms in total. The molecule has 0 saturated carbocycles. The van der Waals surface area contributed by atoms with Crippen LogP contribution in [0.1, 0.15) is 12.0 Å². The predicted octanol–water partition coefficient (Wildman–Crippen LogP) is 0.764. The predicted molar refractivity (Wildman–Crippen MR) is 82.3 cm³/mol. The zero-order valence-corrected chi connectivity index (χ0v) is 13.4. The fourth-order valence-corrected chi connectivity index (χ4v) is 2.66. The van der Waals surface area contributed by atoms with Crippen LogP contribution in [-0.2, 0) is 13.5 Å². The summed E-state index contributed by atoms with van der Waals surface area (Å²) in [4.78, 5) is 5.54. The summed E-state index contributed by atoms with van der Waals surface area (Å²) in [7, 11) is 3.52. The van der Waals surface area contributed by atoms with E-state index in [-0.39, 0.29) is 6.04 Å². The van der Waals surface area contributed by atoms with Crippen LogP contribution in [0.5, 0.6) is 0 Å². The van der Waals surface area contributed by atoms with Gasteiger partial charge in [0.15, 0.2) is 5.96 Å². The zero-order chi connectivity index (χ0) is 16.9. The summed E-state index contributed by atoms with van der Waals surface area (Å²) >= 11 is 0. The van der Waals surface area contributed by atoms with Crippen LogP contribution in [0.2, 0.25) is 0 Å². The molecule has 9 heteroatoms. The van der Waals surface area contributed by atoms with Crippen molar-refractivity contribution in [3.05, 3.63) is 18.0 Å². The van der Waals surface area contributed by atoms with Crippen LogP contribution in [-0.4, -0.2) is 66.1 Å². The second-order valence-corrected chi connectivity index (χ2v) is 5.75. The monoisotopic (exact) mass is 332 g/mol. The second-order valence-electron chi connectivity index (χ2n) is 5.75. The highest BCUT2D eigenvalue weighted by atomic mass is 19.4. The summed E-state index contributed by atoms with van der Waals surface area (Å²) < 4.78 is 38.9. The number of halogens is 3. The van der Waals surface area contributed by atoms with Gasteiger partial charge in [-0.1, -0.05) is 0 Å². The van der Waals surface area contributed by atoms with E-state index < -0.39 is 12.7 Å². The van der Waals surface area contributed by atoms with E-state index in [1.165, 1.54) is 4.90 Å². The molecule has 0 bridgehead atoms. The van der Waals surface area contributed by atoms with Crippen LogP contribution in [0.3, 0.4) is 0 Å². The number of hydrogen-bond acceptors (Lipinski definition) is 3. The maximum absolute atomic E-state index is 12.4. The number of guanidine groups is 1. The molecule has 2 N–H and O–H groups in total. The largest absolute Gasteiger partial charge is 0.401 e. The van der Waals surface area contributed by atoms with E-state index in [4.69, 9.17) is 0 Å². The molecular formula is C14H23F3N6. The summed E-state index contributed by atoms with van der Waals surface area (Å²) in [5, 5.41) is 10.5. The Balaban J connectivity index is 1.71. The molecule has 23 heavy (non-hydrogen) atoms. The molecule has 2 rings (SSSR count). The first-order valence-corrected chi connectivity index (χ1v) is 7.59. The average molecular weight is 332 g/mol. The molecule has 130 valence electrons. The molecule has 0 radical (unpaired) electrons. The van der Waals surface area contributed by atoms with Crippen molar-refractivity contribution in [2.75, 3.05) is 33.2 Å². The molecule has 1 aliphatic heterocycles. The Labute approximate surface area is 133 Å². The number of alkyl halides is 3. The number of hydrogen-bond donors (Lipinski definition) is 2. The molecule has 0 aromatic carbocycles. The van der Waals surface area contributed by atoms with Crippen molar-refractivity contribution in [3.8, 4) is 0 Å². The summed E-state index contributed by atoms with van der Waals surface area (Å²) in [6, 6.07) is -0.0121. The highest BCUT2D eigenvalue weighted by Crippen LogP contribution is 2.19. The van der Waals surface area contributed by atoms with E-state index >= 15 is 0 Å². The van der Waals surface area contributed by atoms with Crippen molar-refractivity contribution in [3.63, 3.8) is 0 Å². The number of likely N-dealkylation sites (tertiary alicyclic amines) is 1. The third kappa shape index (κ3) is 6.09. The maximum Gasteiger partial charge on any atom is 0.401 e. The van der Waals surface area contributed by atoms with E-state index in [2.05, 4.69) is 20.7 Å². The molecule has 1 unspecified atom stereocenters. The van der Waals surface area contributed by atoms with Crippen LogP contribution in [0.25, 0.3) is 0 Å². The summed E-state index contributed by atoms with van der Waals surface area (Å²) in [6.45, 7) is 0.662. The fourth-order valence-electron chi connectivity index (χ4n) is 2.66. The SMILES string of the molecule is CN=C(NCCc1cnn(C)c1)NC1CCN(CC(F)(F)F)C1. The van der Waals surface area contributed by atoms with E-state index in [9.17, 15) is 13.2 Å². The zero-order valence-electron chi connectivity index (χ0n) is 13.4. The molecule has 1 saturated heterocycles. The number of aryl methyl sites for hydroxylation is 1. The van der Waals surface area contributed by atoms with E-state index in [0.29, 0.717) is 32.0 Å². The lowest BCUT2D eigenvalue weighted by Gasteiger charge is -2.19. The molecule has 0 aliphatic carbocycles. The molecule has 1 atom stereocenters. The van der Waals surface area contributed by atoms with Gasteiger partial charge in [0.1, 0.15) is 0 Å². The number of aliphatic imine (C=N–C) groups is 1. The first-order valence-electron chi connectivity index (χ1n) is 7.59. The second kappa shape index (κ2) is 7.67. The number of nitrogens with one attached hydrogen (secondary N) is 2. The quantitative estimate of drug-likeness (QED) is 0.618. The van der Waals surface area contributed by atoms with Crippen molar-refractivity contribution < 1.29 is 13.2 Å². The Hall–Kier alpha value is -1.77. The lowest BCUT2D eigenvalue weighted by atomic mass is 10.2. The minimum Gasteiger partial charge on any atom is -0.356 e. The maximum atomic E-state index is 12.4. The van der Waals surface area contributed by atoms with Gasteiger partial charge in [0.2, 0.25) is 0 Å². The van der Waals surface area contributed by atoms with Gasteiger partial charge in [-0.2, -0.15) is 18.3 Å². The lowest BCUT2D eigenvalue weighted by Crippen LogP contribution is -2.45. The van der Waals surface area contributed by atoms with Crippen LogP contribution in [0.4, 0.5) is 13.2 Å². The van der Waals surface area contributed by atoms with Crippen molar-refractivity contribution in [1.82, 2.24) is 25.3 Å². The van der Waals surface area contributed by atoms with Crippen LogP contribution < -0.4 is 10.6 Å². The molecular weight excluding hydrogens is 309 g/mol. The normalized spacial score (nSPS) is 20.0. The lowest BCUT2D eigenvalue weighted by molar-refractivity contribution is -0.143. The topological polar surface area (TPSA) is 57.5 Å². The molecule has 1 aliphatic rings. The minimum atomic E-state index is -4.14. The highest BCUT2D eigenvalue weighted by Gasteiger charge is 2.34. The Morgan fingerprint density at radius 2 is 2.26 bits per heavy atom. The van der Waals surface area contributed by atoms with Gasteiger partial charge in [-0.25, -0.2) is 0 Å². The van der Waals surface area contributed by atoms with Gasteiger partial charge in [0.05, 0.1) is 12.7 Å².